The van der Waals surface area contributed by atoms with E-state index in [0.717, 1.165) is 5.56 Å². The predicted molar refractivity (Wildman–Crippen MR) is 71.6 cm³/mol. The van der Waals surface area contributed by atoms with E-state index in [2.05, 4.69) is 15.7 Å². The molecule has 0 saturated heterocycles. The van der Waals surface area contributed by atoms with E-state index in [-0.39, 0.29) is 6.61 Å². The summed E-state index contributed by atoms with van der Waals surface area (Å²) in [4.78, 5) is 11.8. The van der Waals surface area contributed by atoms with Crippen molar-refractivity contribution in [3.8, 4) is 0 Å². The van der Waals surface area contributed by atoms with Crippen LogP contribution in [0.15, 0.2) is 42.6 Å². The average molecular weight is 260 g/mol. The number of aromatic nitrogens is 2. The molecule has 6 nitrogen and oxygen atoms in total. The highest BCUT2D eigenvalue weighted by atomic mass is 16.3. The summed E-state index contributed by atoms with van der Waals surface area (Å²) in [5.41, 5.74) is 0.848. The van der Waals surface area contributed by atoms with Gasteiger partial charge in [0, 0.05) is 19.3 Å². The smallest absolute Gasteiger partial charge is 0.321 e. The summed E-state index contributed by atoms with van der Waals surface area (Å²) in [6, 6.07) is 10.1. The molecule has 1 aromatic heterocycles. The molecule has 0 aliphatic heterocycles. The van der Waals surface area contributed by atoms with Gasteiger partial charge in [-0.2, -0.15) is 5.10 Å². The molecule has 0 fully saturated rings. The number of hydrogen-bond donors (Lipinski definition) is 3. The zero-order chi connectivity index (χ0) is 13.7. The Kier molecular flexibility index (Phi) is 4.15. The first-order valence-corrected chi connectivity index (χ1v) is 5.92. The van der Waals surface area contributed by atoms with Gasteiger partial charge in [-0.15, -0.1) is 0 Å². The number of benzene rings is 1. The molecule has 1 heterocycles. The SMILES string of the molecule is Cn1ccc(NC(=O)N[C@H](CO)c2ccccc2)n1. The fraction of sp³-hybridized carbons (Fsp3) is 0.231. The van der Waals surface area contributed by atoms with E-state index in [1.807, 2.05) is 30.3 Å². The predicted octanol–water partition coefficient (Wildman–Crippen LogP) is 1.28. The van der Waals surface area contributed by atoms with Crippen molar-refractivity contribution in [3.63, 3.8) is 0 Å². The largest absolute Gasteiger partial charge is 0.394 e. The third kappa shape index (κ3) is 3.56. The molecule has 0 bridgehead atoms. The van der Waals surface area contributed by atoms with Crippen LogP contribution in [0, 0.1) is 0 Å². The van der Waals surface area contributed by atoms with Gasteiger partial charge in [0.15, 0.2) is 5.82 Å². The molecule has 0 aliphatic rings. The van der Waals surface area contributed by atoms with Crippen LogP contribution in [0.3, 0.4) is 0 Å². The highest BCUT2D eigenvalue weighted by Crippen LogP contribution is 2.11. The number of carbonyl (C=O) groups is 1. The minimum atomic E-state index is -0.440. The van der Waals surface area contributed by atoms with Gasteiger partial charge in [0.05, 0.1) is 12.6 Å². The van der Waals surface area contributed by atoms with Crippen LogP contribution in [-0.2, 0) is 7.05 Å². The highest BCUT2D eigenvalue weighted by Gasteiger charge is 2.13. The average Bonchev–Trinajstić information content (AvgIpc) is 2.82. The molecular weight excluding hydrogens is 244 g/mol. The van der Waals surface area contributed by atoms with Gasteiger partial charge in [-0.25, -0.2) is 4.79 Å². The first-order chi connectivity index (χ1) is 9.19. The number of rotatable bonds is 4. The summed E-state index contributed by atoms with van der Waals surface area (Å²) in [5, 5.41) is 18.7. The number of hydrogen-bond acceptors (Lipinski definition) is 3. The summed E-state index contributed by atoms with van der Waals surface area (Å²) in [5.74, 6) is 0.463. The Hall–Kier alpha value is -2.34. The molecule has 2 aromatic rings. The van der Waals surface area contributed by atoms with E-state index >= 15 is 0 Å². The highest BCUT2D eigenvalue weighted by molar-refractivity contribution is 5.88. The molecule has 3 N–H and O–H groups in total. The number of carbonyl (C=O) groups excluding carboxylic acids is 1. The van der Waals surface area contributed by atoms with Crippen molar-refractivity contribution in [1.29, 1.82) is 0 Å². The van der Waals surface area contributed by atoms with Gasteiger partial charge in [-0.05, 0) is 5.56 Å². The topological polar surface area (TPSA) is 79.2 Å². The number of aliphatic hydroxyl groups excluding tert-OH is 1. The van der Waals surface area contributed by atoms with Gasteiger partial charge < -0.3 is 10.4 Å². The summed E-state index contributed by atoms with van der Waals surface area (Å²) in [7, 11) is 1.77. The Morgan fingerprint density at radius 2 is 2.11 bits per heavy atom. The Labute approximate surface area is 111 Å². The van der Waals surface area contributed by atoms with Gasteiger partial charge in [0.25, 0.3) is 0 Å². The maximum atomic E-state index is 11.8. The molecule has 2 rings (SSSR count). The van der Waals surface area contributed by atoms with Crippen LogP contribution in [0.1, 0.15) is 11.6 Å². The third-order valence-corrected chi connectivity index (χ3v) is 2.65. The minimum Gasteiger partial charge on any atom is -0.394 e. The maximum absolute atomic E-state index is 11.8. The summed E-state index contributed by atoms with van der Waals surface area (Å²) in [6.45, 7) is -0.167. The molecule has 0 spiro atoms. The Morgan fingerprint density at radius 1 is 1.37 bits per heavy atom. The number of urea groups is 1. The number of aryl methyl sites for hydroxylation is 1. The van der Waals surface area contributed by atoms with Crippen molar-refractivity contribution in [2.24, 2.45) is 7.05 Å². The number of aliphatic hydroxyl groups is 1. The van der Waals surface area contributed by atoms with Crippen LogP contribution in [-0.4, -0.2) is 27.5 Å². The lowest BCUT2D eigenvalue weighted by Crippen LogP contribution is -2.34. The fourth-order valence-electron chi connectivity index (χ4n) is 1.71. The van der Waals surface area contributed by atoms with Crippen molar-refractivity contribution in [2.75, 3.05) is 11.9 Å². The quantitative estimate of drug-likeness (QED) is 0.774. The van der Waals surface area contributed by atoms with E-state index in [4.69, 9.17) is 0 Å². The van der Waals surface area contributed by atoms with Crippen LogP contribution < -0.4 is 10.6 Å². The summed E-state index contributed by atoms with van der Waals surface area (Å²) < 4.78 is 1.59. The molecule has 100 valence electrons. The Morgan fingerprint density at radius 3 is 2.68 bits per heavy atom. The van der Waals surface area contributed by atoms with Crippen LogP contribution in [0.2, 0.25) is 0 Å². The van der Waals surface area contributed by atoms with Crippen molar-refractivity contribution in [3.05, 3.63) is 48.2 Å². The molecule has 1 atom stereocenters. The van der Waals surface area contributed by atoms with Gasteiger partial charge in [-0.1, -0.05) is 30.3 Å². The summed E-state index contributed by atoms with van der Waals surface area (Å²) >= 11 is 0. The standard InChI is InChI=1S/C13H16N4O2/c1-17-8-7-12(16-17)15-13(19)14-11(9-18)10-5-3-2-4-6-10/h2-8,11,18H,9H2,1H3,(H2,14,15,16,19)/t11-/m1/s1. The Balaban J connectivity index is 1.97. The molecule has 19 heavy (non-hydrogen) atoms. The van der Waals surface area contributed by atoms with Gasteiger partial charge in [0.2, 0.25) is 0 Å². The van der Waals surface area contributed by atoms with E-state index in [1.165, 1.54) is 0 Å². The minimum absolute atomic E-state index is 0.167. The monoisotopic (exact) mass is 260 g/mol. The van der Waals surface area contributed by atoms with Crippen molar-refractivity contribution in [2.45, 2.75) is 6.04 Å². The lowest BCUT2D eigenvalue weighted by Gasteiger charge is -2.16. The molecule has 0 unspecified atom stereocenters. The molecule has 1 aromatic carbocycles. The van der Waals surface area contributed by atoms with Gasteiger partial charge in [0.1, 0.15) is 0 Å². The van der Waals surface area contributed by atoms with E-state index in [9.17, 15) is 9.90 Å². The van der Waals surface area contributed by atoms with Crippen LogP contribution in [0.4, 0.5) is 10.6 Å². The number of nitrogens with zero attached hydrogens (tertiary/aromatic N) is 2. The van der Waals surface area contributed by atoms with Gasteiger partial charge >= 0.3 is 6.03 Å². The molecule has 6 heteroatoms. The van der Waals surface area contributed by atoms with Crippen molar-refractivity contribution < 1.29 is 9.90 Å². The zero-order valence-electron chi connectivity index (χ0n) is 10.6. The second-order valence-corrected chi connectivity index (χ2v) is 4.12. The maximum Gasteiger partial charge on any atom is 0.321 e. The number of nitrogens with one attached hydrogen (secondary N) is 2. The first-order valence-electron chi connectivity index (χ1n) is 5.92. The van der Waals surface area contributed by atoms with E-state index in [0.29, 0.717) is 5.82 Å². The van der Waals surface area contributed by atoms with E-state index in [1.54, 1.807) is 24.0 Å². The van der Waals surface area contributed by atoms with Crippen LogP contribution in [0.5, 0.6) is 0 Å². The normalized spacial score (nSPS) is 11.9. The second-order valence-electron chi connectivity index (χ2n) is 4.12. The zero-order valence-corrected chi connectivity index (χ0v) is 10.6. The lowest BCUT2D eigenvalue weighted by molar-refractivity contribution is 0.225. The van der Waals surface area contributed by atoms with Gasteiger partial charge in [-0.3, -0.25) is 10.00 Å². The second kappa shape index (κ2) is 6.01. The number of anilines is 1. The molecular formula is C13H16N4O2. The molecule has 0 aliphatic carbocycles. The van der Waals surface area contributed by atoms with Crippen LogP contribution >= 0.6 is 0 Å². The molecule has 2 amide bonds. The lowest BCUT2D eigenvalue weighted by atomic mass is 10.1. The molecule has 0 radical (unpaired) electrons. The Bertz CT molecular complexity index is 539. The van der Waals surface area contributed by atoms with Crippen molar-refractivity contribution >= 4 is 11.8 Å². The number of amides is 2. The van der Waals surface area contributed by atoms with Crippen LogP contribution in [0.25, 0.3) is 0 Å². The first kappa shape index (κ1) is 13.1. The fourth-order valence-corrected chi connectivity index (χ4v) is 1.71. The van der Waals surface area contributed by atoms with Crippen molar-refractivity contribution in [1.82, 2.24) is 15.1 Å². The third-order valence-electron chi connectivity index (χ3n) is 2.65. The van der Waals surface area contributed by atoms with E-state index < -0.39 is 12.1 Å². The summed E-state index contributed by atoms with van der Waals surface area (Å²) in [6.07, 6.45) is 1.73. The molecule has 0 saturated carbocycles.